The highest BCUT2D eigenvalue weighted by Crippen LogP contribution is 2.28. The number of piperidine rings is 1. The molecule has 28 heavy (non-hydrogen) atoms. The number of carbonyl (C=O) groups is 1. The Bertz CT molecular complexity index is 794. The lowest BCUT2D eigenvalue weighted by atomic mass is 10.0. The molecule has 148 valence electrons. The fraction of sp³-hybridized carbons (Fsp3) is 0.435. The number of anilines is 2. The second-order valence-corrected chi connectivity index (χ2v) is 7.82. The lowest BCUT2D eigenvalue weighted by molar-refractivity contribution is 0.0706. The topological polar surface area (TPSA) is 53.6 Å². The molecule has 2 aromatic carbocycles. The molecule has 0 bridgehead atoms. The van der Waals surface area contributed by atoms with E-state index < -0.39 is 0 Å². The fourth-order valence-electron chi connectivity index (χ4n) is 3.72. The molecule has 1 aliphatic heterocycles. The van der Waals surface area contributed by atoms with Crippen LogP contribution in [0.2, 0.25) is 0 Å². The van der Waals surface area contributed by atoms with E-state index in [2.05, 4.69) is 10.6 Å². The molecule has 4 rings (SSSR count). The first kappa shape index (κ1) is 18.8. The molecule has 0 radical (unpaired) electrons. The maximum absolute atomic E-state index is 13.1. The molecule has 0 unspecified atom stereocenters. The smallest absolute Gasteiger partial charge is 0.255 e. The Morgan fingerprint density at radius 1 is 1.04 bits per heavy atom. The summed E-state index contributed by atoms with van der Waals surface area (Å²) in [6, 6.07) is 16.0. The quantitative estimate of drug-likeness (QED) is 0.762. The Morgan fingerprint density at radius 2 is 1.75 bits per heavy atom. The van der Waals surface area contributed by atoms with Crippen LogP contribution in [0.4, 0.5) is 11.4 Å². The molecule has 1 saturated carbocycles. The van der Waals surface area contributed by atoms with Gasteiger partial charge in [0.15, 0.2) is 0 Å². The van der Waals surface area contributed by atoms with Crippen LogP contribution < -0.4 is 15.4 Å². The van der Waals surface area contributed by atoms with Gasteiger partial charge in [0.25, 0.3) is 5.91 Å². The Kier molecular flexibility index (Phi) is 5.81. The van der Waals surface area contributed by atoms with Crippen LogP contribution in [-0.4, -0.2) is 43.6 Å². The predicted octanol–water partition coefficient (Wildman–Crippen LogP) is 4.04. The molecule has 5 nitrogen and oxygen atoms in total. The van der Waals surface area contributed by atoms with Gasteiger partial charge in [-0.2, -0.15) is 0 Å². The summed E-state index contributed by atoms with van der Waals surface area (Å²) in [4.78, 5) is 15.1. The van der Waals surface area contributed by atoms with Crippen LogP contribution in [0.1, 0.15) is 36.0 Å². The van der Waals surface area contributed by atoms with Crippen molar-refractivity contribution >= 4 is 17.3 Å². The van der Waals surface area contributed by atoms with Crippen LogP contribution in [0.25, 0.3) is 0 Å². The van der Waals surface area contributed by atoms with Gasteiger partial charge in [-0.25, -0.2) is 0 Å². The monoisotopic (exact) mass is 379 g/mol. The van der Waals surface area contributed by atoms with E-state index in [1.54, 1.807) is 7.11 Å². The number of nitrogens with one attached hydrogen (secondary N) is 2. The molecule has 2 N–H and O–H groups in total. The highest BCUT2D eigenvalue weighted by molar-refractivity contribution is 6.00. The Labute approximate surface area is 167 Å². The summed E-state index contributed by atoms with van der Waals surface area (Å²) >= 11 is 0. The molecule has 0 aromatic heterocycles. The molecular weight excluding hydrogens is 350 g/mol. The molecule has 2 aliphatic rings. The number of para-hydroxylation sites is 1. The van der Waals surface area contributed by atoms with E-state index in [9.17, 15) is 4.79 Å². The first-order chi connectivity index (χ1) is 13.7. The third kappa shape index (κ3) is 4.65. The number of methoxy groups -OCH3 is 1. The normalized spacial score (nSPS) is 17.4. The molecule has 1 heterocycles. The van der Waals surface area contributed by atoms with Crippen LogP contribution in [0, 0.1) is 5.92 Å². The summed E-state index contributed by atoms with van der Waals surface area (Å²) in [5.74, 6) is 1.82. The van der Waals surface area contributed by atoms with Gasteiger partial charge in [0.05, 0.1) is 18.4 Å². The van der Waals surface area contributed by atoms with Gasteiger partial charge >= 0.3 is 0 Å². The van der Waals surface area contributed by atoms with E-state index >= 15 is 0 Å². The second-order valence-electron chi connectivity index (χ2n) is 7.82. The second kappa shape index (κ2) is 8.65. The van der Waals surface area contributed by atoms with E-state index in [0.717, 1.165) is 61.1 Å². The largest absolute Gasteiger partial charge is 0.497 e. The molecule has 0 atom stereocenters. The zero-order chi connectivity index (χ0) is 19.3. The van der Waals surface area contributed by atoms with E-state index in [1.165, 1.54) is 12.8 Å². The summed E-state index contributed by atoms with van der Waals surface area (Å²) in [6.45, 7) is 2.78. The van der Waals surface area contributed by atoms with Crippen molar-refractivity contribution in [2.75, 3.05) is 32.1 Å². The summed E-state index contributed by atoms with van der Waals surface area (Å²) in [6.07, 6.45) is 4.82. The minimum Gasteiger partial charge on any atom is -0.497 e. The third-order valence-corrected chi connectivity index (χ3v) is 5.70. The number of carbonyl (C=O) groups excluding carboxylic acids is 1. The van der Waals surface area contributed by atoms with E-state index in [0.29, 0.717) is 6.04 Å². The van der Waals surface area contributed by atoms with Crippen LogP contribution in [0.15, 0.2) is 48.5 Å². The molecule has 2 aromatic rings. The van der Waals surface area contributed by atoms with Crippen LogP contribution >= 0.6 is 0 Å². The predicted molar refractivity (Wildman–Crippen MR) is 112 cm³/mol. The summed E-state index contributed by atoms with van der Waals surface area (Å²) in [5, 5.41) is 7.05. The van der Waals surface area contributed by atoms with Gasteiger partial charge in [-0.05, 0) is 74.5 Å². The molecule has 1 amide bonds. The summed E-state index contributed by atoms with van der Waals surface area (Å²) in [5.41, 5.74) is 2.50. The third-order valence-electron chi connectivity index (χ3n) is 5.70. The molecule has 5 heteroatoms. The molecule has 0 spiro atoms. The van der Waals surface area contributed by atoms with Gasteiger partial charge < -0.3 is 20.3 Å². The first-order valence-electron chi connectivity index (χ1n) is 10.3. The van der Waals surface area contributed by atoms with Crippen LogP contribution in [0.3, 0.4) is 0 Å². The molecule has 2 fully saturated rings. The SMILES string of the molecule is COc1ccc(Nc2ccccc2C(=O)N2CCC(NCC3CC3)CC2)cc1. The standard InChI is InChI=1S/C23H29N3O2/c1-28-20-10-8-19(9-11-20)25-22-5-3-2-4-21(22)23(27)26-14-12-18(13-15-26)24-16-17-6-7-17/h2-5,8-11,17-18,24-25H,6-7,12-16H2,1H3. The number of rotatable bonds is 7. The Balaban J connectivity index is 1.38. The summed E-state index contributed by atoms with van der Waals surface area (Å²) < 4.78 is 5.21. The van der Waals surface area contributed by atoms with Crippen molar-refractivity contribution in [3.63, 3.8) is 0 Å². The van der Waals surface area contributed by atoms with Crippen molar-refractivity contribution in [1.29, 1.82) is 0 Å². The van der Waals surface area contributed by atoms with Gasteiger partial charge in [-0.3, -0.25) is 4.79 Å². The summed E-state index contributed by atoms with van der Waals surface area (Å²) in [7, 11) is 1.65. The maximum atomic E-state index is 13.1. The number of hydrogen-bond donors (Lipinski definition) is 2. The number of likely N-dealkylation sites (tertiary alicyclic amines) is 1. The Hall–Kier alpha value is -2.53. The molecule has 1 aliphatic carbocycles. The Morgan fingerprint density at radius 3 is 2.43 bits per heavy atom. The highest BCUT2D eigenvalue weighted by atomic mass is 16.5. The van der Waals surface area contributed by atoms with Crippen molar-refractivity contribution in [2.45, 2.75) is 31.7 Å². The minimum absolute atomic E-state index is 0.109. The number of benzene rings is 2. The van der Waals surface area contributed by atoms with Gasteiger partial charge in [0.1, 0.15) is 5.75 Å². The van der Waals surface area contributed by atoms with Crippen LogP contribution in [-0.2, 0) is 0 Å². The number of hydrogen-bond acceptors (Lipinski definition) is 4. The lowest BCUT2D eigenvalue weighted by Crippen LogP contribution is -2.45. The van der Waals surface area contributed by atoms with Crippen molar-refractivity contribution in [2.24, 2.45) is 5.92 Å². The van der Waals surface area contributed by atoms with Crippen molar-refractivity contribution in [3.8, 4) is 5.75 Å². The zero-order valence-corrected chi connectivity index (χ0v) is 16.5. The van der Waals surface area contributed by atoms with E-state index in [4.69, 9.17) is 4.74 Å². The van der Waals surface area contributed by atoms with E-state index in [-0.39, 0.29) is 5.91 Å². The lowest BCUT2D eigenvalue weighted by Gasteiger charge is -2.33. The fourth-order valence-corrected chi connectivity index (χ4v) is 3.72. The molecule has 1 saturated heterocycles. The van der Waals surface area contributed by atoms with Crippen molar-refractivity contribution < 1.29 is 9.53 Å². The highest BCUT2D eigenvalue weighted by Gasteiger charge is 2.27. The van der Waals surface area contributed by atoms with Gasteiger partial charge in [-0.15, -0.1) is 0 Å². The maximum Gasteiger partial charge on any atom is 0.255 e. The van der Waals surface area contributed by atoms with Crippen molar-refractivity contribution in [1.82, 2.24) is 10.2 Å². The zero-order valence-electron chi connectivity index (χ0n) is 16.5. The number of ether oxygens (including phenoxy) is 1. The average molecular weight is 380 g/mol. The first-order valence-corrected chi connectivity index (χ1v) is 10.3. The van der Waals surface area contributed by atoms with Gasteiger partial charge in [0, 0.05) is 24.8 Å². The van der Waals surface area contributed by atoms with Gasteiger partial charge in [-0.1, -0.05) is 12.1 Å². The molecular formula is C23H29N3O2. The average Bonchev–Trinajstić information content (AvgIpc) is 3.58. The van der Waals surface area contributed by atoms with Gasteiger partial charge in [0.2, 0.25) is 0 Å². The number of amides is 1. The van der Waals surface area contributed by atoms with E-state index in [1.807, 2.05) is 53.4 Å². The van der Waals surface area contributed by atoms with Crippen molar-refractivity contribution in [3.05, 3.63) is 54.1 Å². The minimum atomic E-state index is 0.109. The van der Waals surface area contributed by atoms with Crippen LogP contribution in [0.5, 0.6) is 5.75 Å². The number of nitrogens with zero attached hydrogens (tertiary/aromatic N) is 1.